The van der Waals surface area contributed by atoms with Crippen molar-refractivity contribution < 1.29 is 14.8 Å². The second kappa shape index (κ2) is 5.72. The lowest BCUT2D eigenvalue weighted by Crippen LogP contribution is -2.38. The van der Waals surface area contributed by atoms with Crippen molar-refractivity contribution in [2.75, 3.05) is 0 Å². The molecule has 3 rings (SSSR count). The summed E-state index contributed by atoms with van der Waals surface area (Å²) >= 11 is 0. The number of nitrogens with zero attached hydrogens (tertiary/aromatic N) is 2. The number of nitrogens with one attached hydrogen (secondary N) is 2. The lowest BCUT2D eigenvalue weighted by Gasteiger charge is -2.25. The molecule has 116 valence electrons. The average Bonchev–Trinajstić information content (AvgIpc) is 2.92. The maximum absolute atomic E-state index is 12.3. The van der Waals surface area contributed by atoms with Crippen LogP contribution in [0.25, 0.3) is 10.9 Å². The number of aromatic amines is 1. The average molecular weight is 304 g/mol. The Morgan fingerprint density at radius 3 is 2.77 bits per heavy atom. The number of carbonyl (C=O) groups excluding carboxylic acids is 1. The van der Waals surface area contributed by atoms with Crippen LogP contribution >= 0.6 is 0 Å². The molecule has 1 aromatic heterocycles. The lowest BCUT2D eigenvalue weighted by atomic mass is 9.93. The van der Waals surface area contributed by atoms with Gasteiger partial charge < -0.3 is 10.4 Å². The Labute approximate surface area is 125 Å². The summed E-state index contributed by atoms with van der Waals surface area (Å²) in [7, 11) is 0. The molecular formula is C14H16N4O4. The lowest BCUT2D eigenvalue weighted by molar-refractivity contribution is -0.384. The van der Waals surface area contributed by atoms with E-state index >= 15 is 0 Å². The quantitative estimate of drug-likeness (QED) is 0.586. The molecule has 1 heterocycles. The van der Waals surface area contributed by atoms with Crippen molar-refractivity contribution in [3.63, 3.8) is 0 Å². The van der Waals surface area contributed by atoms with Gasteiger partial charge in [0.25, 0.3) is 11.6 Å². The fourth-order valence-corrected chi connectivity index (χ4v) is 2.76. The van der Waals surface area contributed by atoms with Gasteiger partial charge in [0, 0.05) is 23.6 Å². The first-order valence-electron chi connectivity index (χ1n) is 7.16. The highest BCUT2D eigenvalue weighted by atomic mass is 16.6. The number of fused-ring (bicyclic) bond motifs is 1. The van der Waals surface area contributed by atoms with Crippen LogP contribution < -0.4 is 5.32 Å². The second-order valence-electron chi connectivity index (χ2n) is 5.54. The molecule has 0 radical (unpaired) electrons. The molecule has 1 saturated carbocycles. The molecule has 0 unspecified atom stereocenters. The number of rotatable bonds is 3. The molecule has 1 aliphatic rings. The predicted molar refractivity (Wildman–Crippen MR) is 78.5 cm³/mol. The fraction of sp³-hybridized carbons (Fsp3) is 0.429. The van der Waals surface area contributed by atoms with E-state index in [1.165, 1.54) is 18.2 Å². The Morgan fingerprint density at radius 2 is 2.09 bits per heavy atom. The van der Waals surface area contributed by atoms with Gasteiger partial charge in [0.15, 0.2) is 5.69 Å². The number of aromatic nitrogens is 2. The van der Waals surface area contributed by atoms with Gasteiger partial charge in [0.05, 0.1) is 16.5 Å². The maximum Gasteiger partial charge on any atom is 0.272 e. The zero-order chi connectivity index (χ0) is 15.7. The number of amides is 1. The number of benzene rings is 1. The summed E-state index contributed by atoms with van der Waals surface area (Å²) in [5, 5.41) is 30.3. The van der Waals surface area contributed by atoms with Crippen LogP contribution in [-0.2, 0) is 0 Å². The molecule has 8 heteroatoms. The van der Waals surface area contributed by atoms with Crippen molar-refractivity contribution in [1.82, 2.24) is 15.5 Å². The smallest absolute Gasteiger partial charge is 0.272 e. The van der Waals surface area contributed by atoms with Gasteiger partial charge in [-0.05, 0) is 31.7 Å². The van der Waals surface area contributed by atoms with E-state index in [-0.39, 0.29) is 29.4 Å². The molecule has 0 spiro atoms. The topological polar surface area (TPSA) is 121 Å². The largest absolute Gasteiger partial charge is 0.393 e. The first-order valence-corrected chi connectivity index (χ1v) is 7.16. The van der Waals surface area contributed by atoms with Crippen LogP contribution in [0, 0.1) is 10.1 Å². The number of H-pyrrole nitrogens is 1. The SMILES string of the molecule is O=C(NC1CCC(O)CC1)c1n[nH]c2ccc([N+](=O)[O-])cc12. The summed E-state index contributed by atoms with van der Waals surface area (Å²) in [5.74, 6) is -0.354. The Hall–Kier alpha value is -2.48. The van der Waals surface area contributed by atoms with Crippen molar-refractivity contribution in [2.45, 2.75) is 37.8 Å². The minimum Gasteiger partial charge on any atom is -0.393 e. The van der Waals surface area contributed by atoms with E-state index in [2.05, 4.69) is 15.5 Å². The number of carbonyl (C=O) groups is 1. The summed E-state index contributed by atoms with van der Waals surface area (Å²) in [4.78, 5) is 22.7. The van der Waals surface area contributed by atoms with Crippen LogP contribution in [-0.4, -0.2) is 38.3 Å². The van der Waals surface area contributed by atoms with E-state index in [1.807, 2.05) is 0 Å². The van der Waals surface area contributed by atoms with Crippen molar-refractivity contribution in [1.29, 1.82) is 0 Å². The predicted octanol–water partition coefficient (Wildman–Crippen LogP) is 1.50. The monoisotopic (exact) mass is 304 g/mol. The Bertz CT molecular complexity index is 719. The van der Waals surface area contributed by atoms with Gasteiger partial charge in [0.1, 0.15) is 0 Å². The fourth-order valence-electron chi connectivity index (χ4n) is 2.76. The molecule has 1 aromatic carbocycles. The third-order valence-electron chi connectivity index (χ3n) is 4.00. The highest BCUT2D eigenvalue weighted by Crippen LogP contribution is 2.23. The zero-order valence-corrected chi connectivity index (χ0v) is 11.8. The maximum atomic E-state index is 12.3. The number of aliphatic hydroxyl groups excluding tert-OH is 1. The van der Waals surface area contributed by atoms with Gasteiger partial charge in [-0.2, -0.15) is 5.10 Å². The van der Waals surface area contributed by atoms with Crippen LogP contribution in [0.4, 0.5) is 5.69 Å². The Morgan fingerprint density at radius 1 is 1.36 bits per heavy atom. The van der Waals surface area contributed by atoms with Crippen LogP contribution in [0.5, 0.6) is 0 Å². The summed E-state index contributed by atoms with van der Waals surface area (Å²) in [6, 6.07) is 4.25. The van der Waals surface area contributed by atoms with E-state index in [0.717, 1.165) is 12.8 Å². The third-order valence-corrected chi connectivity index (χ3v) is 4.00. The van der Waals surface area contributed by atoms with E-state index in [9.17, 15) is 20.0 Å². The van der Waals surface area contributed by atoms with Gasteiger partial charge in [-0.3, -0.25) is 20.0 Å². The van der Waals surface area contributed by atoms with Crippen LogP contribution in [0.2, 0.25) is 0 Å². The number of nitro groups is 1. The molecule has 1 fully saturated rings. The Balaban J connectivity index is 1.81. The van der Waals surface area contributed by atoms with E-state index < -0.39 is 4.92 Å². The minimum atomic E-state index is -0.503. The van der Waals surface area contributed by atoms with Gasteiger partial charge in [-0.25, -0.2) is 0 Å². The number of nitro benzene ring substituents is 1. The normalized spacial score (nSPS) is 21.7. The van der Waals surface area contributed by atoms with Crippen LogP contribution in [0.15, 0.2) is 18.2 Å². The number of hydrogen-bond acceptors (Lipinski definition) is 5. The van der Waals surface area contributed by atoms with Crippen molar-refractivity contribution >= 4 is 22.5 Å². The Kier molecular flexibility index (Phi) is 3.76. The standard InChI is InChI=1S/C14H16N4O4/c19-10-4-1-8(2-5-10)15-14(20)13-11-7-9(18(21)22)3-6-12(11)16-17-13/h3,6-8,10,19H,1-2,4-5H2,(H,15,20)(H,16,17). The highest BCUT2D eigenvalue weighted by molar-refractivity contribution is 6.05. The molecule has 1 amide bonds. The summed E-state index contributed by atoms with van der Waals surface area (Å²) in [6.45, 7) is 0. The third kappa shape index (κ3) is 2.77. The molecule has 0 atom stereocenters. The van der Waals surface area contributed by atoms with Gasteiger partial charge >= 0.3 is 0 Å². The first-order chi connectivity index (χ1) is 10.5. The van der Waals surface area contributed by atoms with Gasteiger partial charge in [-0.15, -0.1) is 0 Å². The van der Waals surface area contributed by atoms with E-state index in [4.69, 9.17) is 0 Å². The molecule has 22 heavy (non-hydrogen) atoms. The number of non-ortho nitro benzene ring substituents is 1. The second-order valence-corrected chi connectivity index (χ2v) is 5.54. The molecule has 0 saturated heterocycles. The van der Waals surface area contributed by atoms with Gasteiger partial charge in [-0.1, -0.05) is 0 Å². The minimum absolute atomic E-state index is 0.00125. The molecule has 0 bridgehead atoms. The molecule has 0 aliphatic heterocycles. The first kappa shape index (κ1) is 14.5. The summed E-state index contributed by atoms with van der Waals surface area (Å²) < 4.78 is 0. The van der Waals surface area contributed by atoms with Gasteiger partial charge in [0.2, 0.25) is 0 Å². The molecule has 8 nitrogen and oxygen atoms in total. The van der Waals surface area contributed by atoms with Crippen LogP contribution in [0.1, 0.15) is 36.2 Å². The van der Waals surface area contributed by atoms with E-state index in [0.29, 0.717) is 23.7 Å². The molecule has 2 aromatic rings. The zero-order valence-electron chi connectivity index (χ0n) is 11.8. The highest BCUT2D eigenvalue weighted by Gasteiger charge is 2.23. The van der Waals surface area contributed by atoms with Crippen molar-refractivity contribution in [2.24, 2.45) is 0 Å². The summed E-state index contributed by atoms with van der Waals surface area (Å²) in [6.07, 6.45) is 2.47. The number of hydrogen-bond donors (Lipinski definition) is 3. The van der Waals surface area contributed by atoms with Crippen molar-refractivity contribution in [3.05, 3.63) is 34.0 Å². The molecular weight excluding hydrogens is 288 g/mol. The summed E-state index contributed by atoms with van der Waals surface area (Å²) in [5.41, 5.74) is 0.656. The van der Waals surface area contributed by atoms with Crippen molar-refractivity contribution in [3.8, 4) is 0 Å². The van der Waals surface area contributed by atoms with E-state index in [1.54, 1.807) is 0 Å². The van der Waals surface area contributed by atoms with Crippen LogP contribution in [0.3, 0.4) is 0 Å². The molecule has 3 N–H and O–H groups in total. The number of aliphatic hydroxyl groups is 1. The molecule has 1 aliphatic carbocycles.